The zero-order chi connectivity index (χ0) is 20.5. The molecule has 4 aromatic rings. The van der Waals surface area contributed by atoms with Crippen LogP contribution in [0.4, 0.5) is 0 Å². The zero-order valence-electron chi connectivity index (χ0n) is 16.8. The summed E-state index contributed by atoms with van der Waals surface area (Å²) in [4.78, 5) is 12.2. The second kappa shape index (κ2) is 7.38. The molecular weight excluding hydrogens is 368 g/mol. The van der Waals surface area contributed by atoms with Gasteiger partial charge in [-0.2, -0.15) is 14.5 Å². The van der Waals surface area contributed by atoms with Crippen LogP contribution in [0.5, 0.6) is 5.75 Å². The third-order valence-electron chi connectivity index (χ3n) is 4.91. The number of hydrogen-bond acceptors (Lipinski definition) is 5. The van der Waals surface area contributed by atoms with E-state index in [1.807, 2.05) is 62.0 Å². The number of aromatic nitrogens is 6. The largest absolute Gasteiger partial charge is 0.489 e. The van der Waals surface area contributed by atoms with E-state index in [4.69, 9.17) is 4.74 Å². The number of ether oxygens (including phenoxy) is 1. The van der Waals surface area contributed by atoms with E-state index in [0.29, 0.717) is 12.3 Å². The van der Waals surface area contributed by atoms with Crippen molar-refractivity contribution in [3.8, 4) is 22.7 Å². The Hall–Kier alpha value is -3.68. The molecule has 0 saturated heterocycles. The second-order valence-electron chi connectivity index (χ2n) is 6.99. The second-order valence-corrected chi connectivity index (χ2v) is 6.99. The molecule has 0 aliphatic rings. The SMILES string of the molecule is Cc1cc(-c2cc(C)n(C)n2)ccc1OCc1ccccc1-n1nnn(C)c1=O. The van der Waals surface area contributed by atoms with Crippen molar-refractivity contribution >= 4 is 0 Å². The number of rotatable bonds is 5. The van der Waals surface area contributed by atoms with Crippen LogP contribution in [0.25, 0.3) is 16.9 Å². The van der Waals surface area contributed by atoms with Gasteiger partial charge in [-0.15, -0.1) is 0 Å². The molecule has 0 unspecified atom stereocenters. The van der Waals surface area contributed by atoms with Gasteiger partial charge in [0.15, 0.2) is 0 Å². The van der Waals surface area contributed by atoms with Crippen LogP contribution >= 0.6 is 0 Å². The summed E-state index contributed by atoms with van der Waals surface area (Å²) in [6, 6.07) is 15.6. The van der Waals surface area contributed by atoms with Crippen LogP contribution in [0, 0.1) is 13.8 Å². The summed E-state index contributed by atoms with van der Waals surface area (Å²) in [6.07, 6.45) is 0. The highest BCUT2D eigenvalue weighted by Crippen LogP contribution is 2.27. The quantitative estimate of drug-likeness (QED) is 0.523. The number of benzene rings is 2. The molecule has 0 radical (unpaired) electrons. The normalized spacial score (nSPS) is 11.0. The Labute approximate surface area is 168 Å². The summed E-state index contributed by atoms with van der Waals surface area (Å²) in [7, 11) is 3.50. The smallest absolute Gasteiger partial charge is 0.368 e. The van der Waals surface area contributed by atoms with Crippen molar-refractivity contribution in [3.05, 3.63) is 75.8 Å². The topological polar surface area (TPSA) is 79.8 Å². The van der Waals surface area contributed by atoms with Crippen LogP contribution in [0.2, 0.25) is 0 Å². The fourth-order valence-corrected chi connectivity index (χ4v) is 3.13. The summed E-state index contributed by atoms with van der Waals surface area (Å²) >= 11 is 0. The predicted molar refractivity (Wildman–Crippen MR) is 109 cm³/mol. The average molecular weight is 390 g/mol. The summed E-state index contributed by atoms with van der Waals surface area (Å²) in [5, 5.41) is 12.2. The van der Waals surface area contributed by atoms with Crippen LogP contribution < -0.4 is 10.4 Å². The fraction of sp³-hybridized carbons (Fsp3) is 0.238. The van der Waals surface area contributed by atoms with Gasteiger partial charge in [0.2, 0.25) is 0 Å². The molecule has 2 aromatic carbocycles. The Morgan fingerprint density at radius 3 is 2.41 bits per heavy atom. The van der Waals surface area contributed by atoms with Crippen molar-refractivity contribution in [2.75, 3.05) is 0 Å². The van der Waals surface area contributed by atoms with Crippen molar-refractivity contribution in [1.29, 1.82) is 0 Å². The Morgan fingerprint density at radius 2 is 1.76 bits per heavy atom. The monoisotopic (exact) mass is 390 g/mol. The van der Waals surface area contributed by atoms with Gasteiger partial charge in [-0.05, 0) is 60.2 Å². The van der Waals surface area contributed by atoms with Gasteiger partial charge in [-0.3, -0.25) is 4.68 Å². The third-order valence-corrected chi connectivity index (χ3v) is 4.91. The molecule has 8 nitrogen and oxygen atoms in total. The minimum absolute atomic E-state index is 0.302. The lowest BCUT2D eigenvalue weighted by Crippen LogP contribution is -2.23. The van der Waals surface area contributed by atoms with Crippen molar-refractivity contribution in [2.24, 2.45) is 14.1 Å². The van der Waals surface area contributed by atoms with Gasteiger partial charge in [-0.1, -0.05) is 18.2 Å². The molecule has 2 heterocycles. The fourth-order valence-electron chi connectivity index (χ4n) is 3.13. The Kier molecular flexibility index (Phi) is 4.75. The van der Waals surface area contributed by atoms with E-state index in [1.165, 1.54) is 9.36 Å². The van der Waals surface area contributed by atoms with E-state index < -0.39 is 0 Å². The maximum atomic E-state index is 12.2. The Bertz CT molecular complexity index is 1210. The van der Waals surface area contributed by atoms with Gasteiger partial charge in [0, 0.05) is 30.9 Å². The van der Waals surface area contributed by atoms with Gasteiger partial charge < -0.3 is 4.74 Å². The molecule has 0 saturated carbocycles. The first-order valence-corrected chi connectivity index (χ1v) is 9.26. The van der Waals surface area contributed by atoms with Crippen molar-refractivity contribution in [2.45, 2.75) is 20.5 Å². The van der Waals surface area contributed by atoms with Crippen LogP contribution in [0.15, 0.2) is 53.3 Å². The predicted octanol–water partition coefficient (Wildman–Crippen LogP) is 2.56. The minimum Gasteiger partial charge on any atom is -0.489 e. The first kappa shape index (κ1) is 18.7. The number of tetrazole rings is 1. The van der Waals surface area contributed by atoms with E-state index in [9.17, 15) is 4.79 Å². The zero-order valence-corrected chi connectivity index (χ0v) is 16.8. The van der Waals surface area contributed by atoms with E-state index >= 15 is 0 Å². The van der Waals surface area contributed by atoms with E-state index in [0.717, 1.165) is 33.8 Å². The summed E-state index contributed by atoms with van der Waals surface area (Å²) < 4.78 is 10.4. The highest BCUT2D eigenvalue weighted by molar-refractivity contribution is 5.62. The van der Waals surface area contributed by atoms with Gasteiger partial charge >= 0.3 is 5.69 Å². The first-order chi connectivity index (χ1) is 13.9. The molecule has 0 fully saturated rings. The van der Waals surface area contributed by atoms with Gasteiger partial charge in [0.1, 0.15) is 12.4 Å². The molecule has 29 heavy (non-hydrogen) atoms. The Balaban J connectivity index is 1.57. The summed E-state index contributed by atoms with van der Waals surface area (Å²) in [5.41, 5.74) is 5.30. The van der Waals surface area contributed by atoms with Gasteiger partial charge in [0.05, 0.1) is 11.4 Å². The highest BCUT2D eigenvalue weighted by atomic mass is 16.5. The Morgan fingerprint density at radius 1 is 0.966 bits per heavy atom. The summed E-state index contributed by atoms with van der Waals surface area (Å²) in [6.45, 7) is 4.34. The van der Waals surface area contributed by atoms with E-state index in [1.54, 1.807) is 7.05 Å². The molecule has 0 amide bonds. The summed E-state index contributed by atoms with van der Waals surface area (Å²) in [5.74, 6) is 0.780. The lowest BCUT2D eigenvalue weighted by atomic mass is 10.1. The van der Waals surface area contributed by atoms with Crippen molar-refractivity contribution in [3.63, 3.8) is 0 Å². The standard InChI is InChI=1S/C21H22N6O2/c1-14-11-16(18-12-15(2)25(3)22-18)9-10-20(14)29-13-17-7-5-6-8-19(17)27-21(28)26(4)23-24-27/h5-12H,13H2,1-4H3. The van der Waals surface area contributed by atoms with Gasteiger partial charge in [-0.25, -0.2) is 4.79 Å². The maximum Gasteiger partial charge on any atom is 0.368 e. The molecule has 0 spiro atoms. The van der Waals surface area contributed by atoms with Crippen LogP contribution in [0.1, 0.15) is 16.8 Å². The number of nitrogens with zero attached hydrogens (tertiary/aromatic N) is 6. The van der Waals surface area contributed by atoms with E-state index in [2.05, 4.69) is 27.7 Å². The molecular formula is C21H22N6O2. The van der Waals surface area contributed by atoms with E-state index in [-0.39, 0.29) is 5.69 Å². The molecule has 0 N–H and O–H groups in total. The molecule has 4 rings (SSSR count). The van der Waals surface area contributed by atoms with Crippen LogP contribution in [0.3, 0.4) is 0 Å². The number of aryl methyl sites for hydroxylation is 4. The highest BCUT2D eigenvalue weighted by Gasteiger charge is 2.12. The molecule has 0 aliphatic carbocycles. The van der Waals surface area contributed by atoms with Crippen LogP contribution in [-0.4, -0.2) is 29.6 Å². The molecule has 0 atom stereocenters. The lowest BCUT2D eigenvalue weighted by molar-refractivity contribution is 0.303. The minimum atomic E-state index is -0.302. The van der Waals surface area contributed by atoms with Crippen molar-refractivity contribution < 1.29 is 4.74 Å². The molecule has 148 valence electrons. The molecule has 8 heteroatoms. The molecule has 2 aromatic heterocycles. The first-order valence-electron chi connectivity index (χ1n) is 9.26. The van der Waals surface area contributed by atoms with Crippen molar-refractivity contribution in [1.82, 2.24) is 29.6 Å². The number of para-hydroxylation sites is 1. The molecule has 0 aliphatic heterocycles. The maximum absolute atomic E-state index is 12.2. The lowest BCUT2D eigenvalue weighted by Gasteiger charge is -2.12. The van der Waals surface area contributed by atoms with Gasteiger partial charge in [0.25, 0.3) is 0 Å². The third kappa shape index (κ3) is 3.56. The average Bonchev–Trinajstić information content (AvgIpc) is 3.22. The van der Waals surface area contributed by atoms with Crippen LogP contribution in [-0.2, 0) is 20.7 Å². The number of hydrogen-bond donors (Lipinski definition) is 0. The molecule has 0 bridgehead atoms.